The Morgan fingerprint density at radius 2 is 1.91 bits per heavy atom. The van der Waals surface area contributed by atoms with Crippen LogP contribution in [-0.2, 0) is 0 Å². The average Bonchev–Trinajstić information content (AvgIpc) is 3.56. The molecule has 4 heterocycles. The van der Waals surface area contributed by atoms with Crippen LogP contribution in [0.2, 0.25) is 0 Å². The van der Waals surface area contributed by atoms with Gasteiger partial charge in [-0.2, -0.15) is 10.2 Å². The number of amides is 1. The van der Waals surface area contributed by atoms with Gasteiger partial charge >= 0.3 is 0 Å². The molecule has 12 heteroatoms. The van der Waals surface area contributed by atoms with E-state index in [9.17, 15) is 13.6 Å². The summed E-state index contributed by atoms with van der Waals surface area (Å²) in [6.07, 6.45) is 5.44. The number of pyridine rings is 1. The molecule has 4 rings (SSSR count). The molecule has 0 aliphatic rings. The maximum Gasteiger partial charge on any atom is 0.280 e. The minimum absolute atomic E-state index is 0.0449. The maximum atomic E-state index is 12.8. The second kappa shape index (κ2) is 9.69. The van der Waals surface area contributed by atoms with Gasteiger partial charge in [-0.15, -0.1) is 16.1 Å². The van der Waals surface area contributed by atoms with Gasteiger partial charge in [-0.05, 0) is 26.2 Å². The third-order valence-corrected chi connectivity index (χ3v) is 6.52. The molecule has 0 fully saturated rings. The Kier molecular flexibility index (Phi) is 6.72. The van der Waals surface area contributed by atoms with E-state index in [1.54, 1.807) is 18.6 Å². The van der Waals surface area contributed by atoms with Crippen LogP contribution in [0.5, 0.6) is 0 Å². The third kappa shape index (κ3) is 4.75. The Balaban J connectivity index is 1.57. The van der Waals surface area contributed by atoms with E-state index in [0.717, 1.165) is 40.8 Å². The zero-order valence-electron chi connectivity index (χ0n) is 18.4. The van der Waals surface area contributed by atoms with Gasteiger partial charge in [0, 0.05) is 24.3 Å². The minimum Gasteiger partial charge on any atom is -0.347 e. The summed E-state index contributed by atoms with van der Waals surface area (Å²) in [5.41, 5.74) is 1.67. The molecule has 2 atom stereocenters. The van der Waals surface area contributed by atoms with Crippen molar-refractivity contribution in [3.05, 3.63) is 46.6 Å². The standard InChI is InChI=1S/C21H24F2N8OS/c1-4-13(29-20(32)21-25-11-17(33-21)19(22)23)8-14(5-2)30-12(3)28-15-10-24-18(9-16(15)30)31-26-6-7-27-31/h6-7,9-11,13-14,19H,4-5,8H2,1-3H3,(H,29,32). The molecule has 0 saturated heterocycles. The van der Waals surface area contributed by atoms with Gasteiger partial charge in [-0.3, -0.25) is 4.79 Å². The van der Waals surface area contributed by atoms with Gasteiger partial charge in [0.2, 0.25) is 0 Å². The highest BCUT2D eigenvalue weighted by atomic mass is 32.1. The van der Waals surface area contributed by atoms with Crippen LogP contribution in [0.1, 0.15) is 66.1 Å². The monoisotopic (exact) mass is 474 g/mol. The molecular weight excluding hydrogens is 450 g/mol. The predicted molar refractivity (Wildman–Crippen MR) is 120 cm³/mol. The number of carbonyl (C=O) groups excluding carboxylic acids is 1. The molecule has 0 bridgehead atoms. The van der Waals surface area contributed by atoms with E-state index in [1.165, 1.54) is 4.80 Å². The fourth-order valence-corrected chi connectivity index (χ4v) is 4.54. The van der Waals surface area contributed by atoms with E-state index in [0.29, 0.717) is 18.7 Å². The smallest absolute Gasteiger partial charge is 0.280 e. The molecule has 33 heavy (non-hydrogen) atoms. The van der Waals surface area contributed by atoms with Gasteiger partial charge in [0.25, 0.3) is 12.3 Å². The van der Waals surface area contributed by atoms with Crippen LogP contribution >= 0.6 is 11.3 Å². The summed E-state index contributed by atoms with van der Waals surface area (Å²) in [6, 6.07) is 1.79. The van der Waals surface area contributed by atoms with Crippen molar-refractivity contribution in [2.24, 2.45) is 0 Å². The molecule has 0 radical (unpaired) electrons. The van der Waals surface area contributed by atoms with Crippen LogP contribution in [-0.4, -0.2) is 46.5 Å². The van der Waals surface area contributed by atoms with Crippen LogP contribution in [0, 0.1) is 6.92 Å². The number of alkyl halides is 2. The summed E-state index contributed by atoms with van der Waals surface area (Å²) in [5.74, 6) is 0.992. The van der Waals surface area contributed by atoms with E-state index in [4.69, 9.17) is 0 Å². The Bertz CT molecular complexity index is 1240. The average molecular weight is 475 g/mol. The number of fused-ring (bicyclic) bond motifs is 1. The molecule has 0 aliphatic heterocycles. The number of halogens is 2. The minimum atomic E-state index is -2.63. The number of carbonyl (C=O) groups is 1. The van der Waals surface area contributed by atoms with Crippen molar-refractivity contribution in [1.82, 2.24) is 39.8 Å². The van der Waals surface area contributed by atoms with Crippen molar-refractivity contribution in [2.45, 2.75) is 58.5 Å². The Hall–Kier alpha value is -3.28. The van der Waals surface area contributed by atoms with E-state index in [1.807, 2.05) is 19.9 Å². The first-order valence-electron chi connectivity index (χ1n) is 10.7. The summed E-state index contributed by atoms with van der Waals surface area (Å²) in [7, 11) is 0. The lowest BCUT2D eigenvalue weighted by molar-refractivity contribution is 0.0929. The van der Waals surface area contributed by atoms with Gasteiger partial charge in [0.05, 0.1) is 29.0 Å². The highest BCUT2D eigenvalue weighted by Gasteiger charge is 2.23. The van der Waals surface area contributed by atoms with Crippen molar-refractivity contribution in [2.75, 3.05) is 0 Å². The molecule has 1 amide bonds. The van der Waals surface area contributed by atoms with Crippen LogP contribution in [0.4, 0.5) is 8.78 Å². The zero-order valence-corrected chi connectivity index (χ0v) is 19.3. The van der Waals surface area contributed by atoms with Crippen LogP contribution < -0.4 is 5.32 Å². The van der Waals surface area contributed by atoms with E-state index in [-0.39, 0.29) is 22.0 Å². The van der Waals surface area contributed by atoms with E-state index < -0.39 is 12.3 Å². The summed E-state index contributed by atoms with van der Waals surface area (Å²) in [4.78, 5) is 26.7. The number of hydrogen-bond acceptors (Lipinski definition) is 7. The first-order chi connectivity index (χ1) is 15.9. The van der Waals surface area contributed by atoms with E-state index in [2.05, 4.69) is 42.0 Å². The lowest BCUT2D eigenvalue weighted by Crippen LogP contribution is -2.36. The number of rotatable bonds is 9. The lowest BCUT2D eigenvalue weighted by atomic mass is 10.0. The van der Waals surface area contributed by atoms with Crippen molar-refractivity contribution >= 4 is 28.3 Å². The van der Waals surface area contributed by atoms with Gasteiger partial charge in [0.15, 0.2) is 10.8 Å². The summed E-state index contributed by atoms with van der Waals surface area (Å²) in [6.45, 7) is 6.00. The third-order valence-electron chi connectivity index (χ3n) is 5.52. The quantitative estimate of drug-likeness (QED) is 0.389. The number of nitrogens with zero attached hydrogens (tertiary/aromatic N) is 7. The number of hydrogen-bond donors (Lipinski definition) is 1. The van der Waals surface area contributed by atoms with Crippen molar-refractivity contribution < 1.29 is 13.6 Å². The van der Waals surface area contributed by atoms with Crippen LogP contribution in [0.3, 0.4) is 0 Å². The van der Waals surface area contributed by atoms with Crippen molar-refractivity contribution in [1.29, 1.82) is 0 Å². The Morgan fingerprint density at radius 1 is 1.15 bits per heavy atom. The van der Waals surface area contributed by atoms with Crippen molar-refractivity contribution in [3.63, 3.8) is 0 Å². The maximum absolute atomic E-state index is 12.8. The fraction of sp³-hybridized carbons (Fsp3) is 0.429. The fourth-order valence-electron chi connectivity index (χ4n) is 3.86. The second-order valence-electron chi connectivity index (χ2n) is 7.62. The predicted octanol–water partition coefficient (Wildman–Crippen LogP) is 4.26. The largest absolute Gasteiger partial charge is 0.347 e. The number of aromatic nitrogens is 7. The normalized spacial score (nSPS) is 13.5. The molecule has 0 aromatic carbocycles. The molecule has 1 N–H and O–H groups in total. The first kappa shape index (κ1) is 22.9. The van der Waals surface area contributed by atoms with Crippen LogP contribution in [0.15, 0.2) is 30.9 Å². The zero-order chi connectivity index (χ0) is 23.5. The number of aryl methyl sites for hydroxylation is 1. The Morgan fingerprint density at radius 3 is 2.55 bits per heavy atom. The van der Waals surface area contributed by atoms with Gasteiger partial charge in [-0.25, -0.2) is 23.7 Å². The van der Waals surface area contributed by atoms with Gasteiger partial charge in [0.1, 0.15) is 11.3 Å². The molecule has 174 valence electrons. The Labute approximate surface area is 192 Å². The lowest BCUT2D eigenvalue weighted by Gasteiger charge is -2.25. The summed E-state index contributed by atoms with van der Waals surface area (Å²) < 4.78 is 27.8. The topological polar surface area (TPSA) is 103 Å². The highest BCUT2D eigenvalue weighted by molar-refractivity contribution is 7.13. The second-order valence-corrected chi connectivity index (χ2v) is 8.69. The van der Waals surface area contributed by atoms with Crippen molar-refractivity contribution in [3.8, 4) is 5.82 Å². The summed E-state index contributed by atoms with van der Waals surface area (Å²) in [5, 5.41) is 11.3. The highest BCUT2D eigenvalue weighted by Crippen LogP contribution is 2.28. The molecule has 0 spiro atoms. The first-order valence-corrected chi connectivity index (χ1v) is 11.5. The molecule has 9 nitrogen and oxygen atoms in total. The SMILES string of the molecule is CCC(CC(CC)n1c(C)nc2cnc(-n3nccn3)cc21)NC(=O)c1ncc(C(F)F)s1. The van der Waals surface area contributed by atoms with E-state index >= 15 is 0 Å². The molecule has 0 aliphatic carbocycles. The molecule has 4 aromatic rings. The van der Waals surface area contributed by atoms with Gasteiger partial charge in [-0.1, -0.05) is 13.8 Å². The van der Waals surface area contributed by atoms with Crippen LogP contribution in [0.25, 0.3) is 16.9 Å². The summed E-state index contributed by atoms with van der Waals surface area (Å²) >= 11 is 0.719. The number of imidazole rings is 1. The molecule has 4 aromatic heterocycles. The number of nitrogens with one attached hydrogen (secondary N) is 1. The number of thiazole rings is 1. The molecule has 2 unspecified atom stereocenters. The van der Waals surface area contributed by atoms with Gasteiger partial charge < -0.3 is 9.88 Å². The molecular formula is C21H24F2N8OS. The molecule has 0 saturated carbocycles.